The predicted molar refractivity (Wildman–Crippen MR) is 53.7 cm³/mol. The molecule has 14 heavy (non-hydrogen) atoms. The highest BCUT2D eigenvalue weighted by molar-refractivity contribution is 5.86. The highest BCUT2D eigenvalue weighted by Crippen LogP contribution is 2.43. The standard InChI is InChI=1S/C12H10FN/c13-12-4-3-9(8-1-2-8)11-7-14-6-5-10(11)12/h3-8H,1-2H2. The second-order valence-electron chi connectivity index (χ2n) is 3.83. The Hall–Kier alpha value is -1.44. The van der Waals surface area contributed by atoms with Crippen LogP contribution >= 0.6 is 0 Å². The minimum absolute atomic E-state index is 0.146. The molecule has 0 N–H and O–H groups in total. The number of pyridine rings is 1. The van der Waals surface area contributed by atoms with Gasteiger partial charge in [-0.1, -0.05) is 6.07 Å². The lowest BCUT2D eigenvalue weighted by atomic mass is 10.0. The van der Waals surface area contributed by atoms with Crippen LogP contribution in [-0.4, -0.2) is 4.98 Å². The van der Waals surface area contributed by atoms with Crippen molar-refractivity contribution in [1.82, 2.24) is 4.98 Å². The van der Waals surface area contributed by atoms with E-state index in [1.165, 1.54) is 18.4 Å². The van der Waals surface area contributed by atoms with Crippen LogP contribution in [0.4, 0.5) is 4.39 Å². The van der Waals surface area contributed by atoms with Gasteiger partial charge >= 0.3 is 0 Å². The summed E-state index contributed by atoms with van der Waals surface area (Å²) in [7, 11) is 0. The molecule has 1 aromatic heterocycles. The third-order valence-electron chi connectivity index (χ3n) is 2.82. The van der Waals surface area contributed by atoms with E-state index in [1.807, 2.05) is 6.07 Å². The molecule has 0 radical (unpaired) electrons. The van der Waals surface area contributed by atoms with Gasteiger partial charge in [-0.3, -0.25) is 4.98 Å². The molecule has 1 saturated carbocycles. The Morgan fingerprint density at radius 3 is 2.79 bits per heavy atom. The first-order valence-electron chi connectivity index (χ1n) is 4.88. The summed E-state index contributed by atoms with van der Waals surface area (Å²) in [6.45, 7) is 0. The number of benzene rings is 1. The maximum absolute atomic E-state index is 13.4. The van der Waals surface area contributed by atoms with Gasteiger partial charge in [0.2, 0.25) is 0 Å². The number of aromatic nitrogens is 1. The van der Waals surface area contributed by atoms with Gasteiger partial charge in [-0.25, -0.2) is 4.39 Å². The van der Waals surface area contributed by atoms with E-state index in [0.29, 0.717) is 11.3 Å². The van der Waals surface area contributed by atoms with Crippen molar-refractivity contribution in [1.29, 1.82) is 0 Å². The van der Waals surface area contributed by atoms with Gasteiger partial charge in [0.05, 0.1) is 0 Å². The molecule has 0 unspecified atom stereocenters. The number of hydrogen-bond donors (Lipinski definition) is 0. The summed E-state index contributed by atoms with van der Waals surface area (Å²) < 4.78 is 13.4. The van der Waals surface area contributed by atoms with Crippen LogP contribution in [0.2, 0.25) is 0 Å². The van der Waals surface area contributed by atoms with Crippen LogP contribution in [0, 0.1) is 5.82 Å². The van der Waals surface area contributed by atoms with Gasteiger partial charge in [0, 0.05) is 23.2 Å². The van der Waals surface area contributed by atoms with E-state index in [0.717, 1.165) is 5.39 Å². The first-order chi connectivity index (χ1) is 6.86. The van der Waals surface area contributed by atoms with Crippen LogP contribution in [0.1, 0.15) is 24.3 Å². The van der Waals surface area contributed by atoms with Gasteiger partial charge < -0.3 is 0 Å². The van der Waals surface area contributed by atoms with Gasteiger partial charge in [-0.05, 0) is 36.5 Å². The maximum Gasteiger partial charge on any atom is 0.131 e. The number of nitrogens with zero attached hydrogens (tertiary/aromatic N) is 1. The quantitative estimate of drug-likeness (QED) is 0.667. The second-order valence-corrected chi connectivity index (χ2v) is 3.83. The average molecular weight is 187 g/mol. The maximum atomic E-state index is 13.4. The lowest BCUT2D eigenvalue weighted by molar-refractivity contribution is 0.639. The van der Waals surface area contributed by atoms with Crippen molar-refractivity contribution in [2.75, 3.05) is 0 Å². The SMILES string of the molecule is Fc1ccc(C2CC2)c2cnccc12. The molecule has 0 saturated heterocycles. The van der Waals surface area contributed by atoms with Gasteiger partial charge in [0.1, 0.15) is 5.82 Å². The lowest BCUT2D eigenvalue weighted by Gasteiger charge is -2.04. The molecule has 0 atom stereocenters. The van der Waals surface area contributed by atoms with Crippen LogP contribution in [-0.2, 0) is 0 Å². The summed E-state index contributed by atoms with van der Waals surface area (Å²) in [5.74, 6) is 0.495. The highest BCUT2D eigenvalue weighted by atomic mass is 19.1. The monoisotopic (exact) mass is 187 g/mol. The van der Waals surface area contributed by atoms with Crippen molar-refractivity contribution >= 4 is 10.8 Å². The van der Waals surface area contributed by atoms with Crippen molar-refractivity contribution in [3.63, 3.8) is 0 Å². The molecule has 0 spiro atoms. The number of halogens is 1. The third-order valence-corrected chi connectivity index (χ3v) is 2.82. The Kier molecular flexibility index (Phi) is 1.57. The second kappa shape index (κ2) is 2.77. The van der Waals surface area contributed by atoms with E-state index >= 15 is 0 Å². The van der Waals surface area contributed by atoms with Crippen molar-refractivity contribution < 1.29 is 4.39 Å². The Bertz CT molecular complexity index is 489. The Labute approximate surface area is 81.6 Å². The zero-order valence-corrected chi connectivity index (χ0v) is 7.70. The molecule has 1 heterocycles. The van der Waals surface area contributed by atoms with Crippen molar-refractivity contribution in [2.24, 2.45) is 0 Å². The van der Waals surface area contributed by atoms with E-state index in [4.69, 9.17) is 0 Å². The van der Waals surface area contributed by atoms with E-state index in [2.05, 4.69) is 4.98 Å². The fourth-order valence-electron chi connectivity index (χ4n) is 1.93. The molecular formula is C12H10FN. The minimum atomic E-state index is -0.146. The molecule has 1 aliphatic rings. The summed E-state index contributed by atoms with van der Waals surface area (Å²) in [5.41, 5.74) is 1.26. The average Bonchev–Trinajstić information content (AvgIpc) is 3.03. The van der Waals surface area contributed by atoms with Crippen LogP contribution in [0.15, 0.2) is 30.6 Å². The molecule has 0 amide bonds. The van der Waals surface area contributed by atoms with Gasteiger partial charge in [-0.15, -0.1) is 0 Å². The van der Waals surface area contributed by atoms with Crippen molar-refractivity contribution in [3.05, 3.63) is 42.0 Å². The molecule has 1 fully saturated rings. The van der Waals surface area contributed by atoms with E-state index in [1.54, 1.807) is 24.5 Å². The Balaban J connectivity index is 2.35. The van der Waals surface area contributed by atoms with Gasteiger partial charge in [0.25, 0.3) is 0 Å². The molecule has 0 aliphatic heterocycles. The topological polar surface area (TPSA) is 12.9 Å². The first kappa shape index (κ1) is 7.92. The largest absolute Gasteiger partial charge is 0.264 e. The minimum Gasteiger partial charge on any atom is -0.264 e. The lowest BCUT2D eigenvalue weighted by Crippen LogP contribution is -1.87. The molecule has 3 rings (SSSR count). The molecule has 1 aliphatic carbocycles. The summed E-state index contributed by atoms with van der Waals surface area (Å²) in [4.78, 5) is 4.06. The molecular weight excluding hydrogens is 177 g/mol. The fourth-order valence-corrected chi connectivity index (χ4v) is 1.93. The summed E-state index contributed by atoms with van der Waals surface area (Å²) in [6.07, 6.45) is 5.87. The Morgan fingerprint density at radius 1 is 1.14 bits per heavy atom. The van der Waals surface area contributed by atoms with E-state index < -0.39 is 0 Å². The Morgan fingerprint density at radius 2 is 2.00 bits per heavy atom. The fraction of sp³-hybridized carbons (Fsp3) is 0.250. The zero-order valence-electron chi connectivity index (χ0n) is 7.70. The molecule has 70 valence electrons. The zero-order chi connectivity index (χ0) is 9.54. The predicted octanol–water partition coefficient (Wildman–Crippen LogP) is 3.25. The van der Waals surface area contributed by atoms with Crippen molar-refractivity contribution in [2.45, 2.75) is 18.8 Å². The van der Waals surface area contributed by atoms with E-state index in [-0.39, 0.29) is 5.82 Å². The number of rotatable bonds is 1. The van der Waals surface area contributed by atoms with Crippen molar-refractivity contribution in [3.8, 4) is 0 Å². The number of hydrogen-bond acceptors (Lipinski definition) is 1. The number of fused-ring (bicyclic) bond motifs is 1. The normalized spacial score (nSPS) is 16.1. The van der Waals surface area contributed by atoms with Crippen LogP contribution in [0.25, 0.3) is 10.8 Å². The summed E-state index contributed by atoms with van der Waals surface area (Å²) in [6, 6.07) is 5.21. The van der Waals surface area contributed by atoms with Crippen LogP contribution in [0.3, 0.4) is 0 Å². The van der Waals surface area contributed by atoms with Crippen LogP contribution < -0.4 is 0 Å². The molecule has 2 heteroatoms. The molecule has 1 nitrogen and oxygen atoms in total. The molecule has 0 bridgehead atoms. The van der Waals surface area contributed by atoms with Crippen LogP contribution in [0.5, 0.6) is 0 Å². The van der Waals surface area contributed by atoms with Gasteiger partial charge in [-0.2, -0.15) is 0 Å². The summed E-state index contributed by atoms with van der Waals surface area (Å²) in [5, 5.41) is 1.68. The summed E-state index contributed by atoms with van der Waals surface area (Å²) >= 11 is 0. The molecule has 1 aromatic carbocycles. The smallest absolute Gasteiger partial charge is 0.131 e. The highest BCUT2D eigenvalue weighted by Gasteiger charge is 2.25. The third kappa shape index (κ3) is 1.10. The molecule has 2 aromatic rings. The first-order valence-corrected chi connectivity index (χ1v) is 4.88. The van der Waals surface area contributed by atoms with Gasteiger partial charge in [0.15, 0.2) is 0 Å². The van der Waals surface area contributed by atoms with E-state index in [9.17, 15) is 4.39 Å².